The highest BCUT2D eigenvalue weighted by atomic mass is 16.5. The van der Waals surface area contributed by atoms with E-state index >= 15 is 0 Å². The Hall–Kier alpha value is -0.860. The third kappa shape index (κ3) is 1.92. The molecule has 0 bridgehead atoms. The Morgan fingerprint density at radius 2 is 2.07 bits per heavy atom. The normalized spacial score (nSPS) is 19.9. The van der Waals surface area contributed by atoms with E-state index in [1.807, 2.05) is 31.2 Å². The zero-order valence-corrected chi connectivity index (χ0v) is 9.36. The average Bonchev–Trinajstić information content (AvgIpc) is 3.02. The summed E-state index contributed by atoms with van der Waals surface area (Å²) in [6.07, 6.45) is 2.21. The number of benzene rings is 1. The second kappa shape index (κ2) is 3.95. The first-order chi connectivity index (χ1) is 7.18. The maximum atomic E-state index is 10.7. The number of hydrogen-bond donors (Lipinski definition) is 1. The van der Waals surface area contributed by atoms with Gasteiger partial charge in [-0.05, 0) is 36.8 Å². The maximum Gasteiger partial charge on any atom is 0.116 e. The first-order valence-electron chi connectivity index (χ1n) is 5.46. The predicted molar refractivity (Wildman–Crippen MR) is 59.7 cm³/mol. The smallest absolute Gasteiger partial charge is 0.116 e. The predicted octanol–water partition coefficient (Wildman–Crippen LogP) is 2.24. The molecule has 1 atom stereocenters. The van der Waals surface area contributed by atoms with E-state index in [9.17, 15) is 5.11 Å². The molecular weight excluding hydrogens is 188 g/mol. The lowest BCUT2D eigenvalue weighted by Gasteiger charge is -2.29. The lowest BCUT2D eigenvalue weighted by Crippen LogP contribution is -2.34. The van der Waals surface area contributed by atoms with Gasteiger partial charge < -0.3 is 9.84 Å². The van der Waals surface area contributed by atoms with Gasteiger partial charge in [0.2, 0.25) is 0 Å². The van der Waals surface area contributed by atoms with E-state index in [0.29, 0.717) is 12.5 Å². The van der Waals surface area contributed by atoms with Crippen LogP contribution in [0, 0.1) is 12.8 Å². The third-order valence-electron chi connectivity index (χ3n) is 3.23. The van der Waals surface area contributed by atoms with Crippen LogP contribution < -0.4 is 0 Å². The van der Waals surface area contributed by atoms with Crippen LogP contribution in [-0.2, 0) is 10.3 Å². The van der Waals surface area contributed by atoms with Crippen molar-refractivity contribution in [3.8, 4) is 0 Å². The molecule has 0 aromatic heterocycles. The van der Waals surface area contributed by atoms with Crippen molar-refractivity contribution in [3.63, 3.8) is 0 Å². The highest BCUT2D eigenvalue weighted by Gasteiger charge is 2.45. The zero-order chi connectivity index (χ0) is 10.9. The summed E-state index contributed by atoms with van der Waals surface area (Å²) in [5.41, 5.74) is 1.39. The van der Waals surface area contributed by atoms with Crippen LogP contribution in [0.3, 0.4) is 0 Å². The molecule has 1 aliphatic carbocycles. The van der Waals surface area contributed by atoms with Crippen molar-refractivity contribution in [2.45, 2.75) is 25.4 Å². The molecule has 1 fully saturated rings. The van der Waals surface area contributed by atoms with Crippen LogP contribution >= 0.6 is 0 Å². The number of aliphatic hydroxyl groups is 1. The fourth-order valence-electron chi connectivity index (χ4n) is 2.26. The molecule has 1 unspecified atom stereocenters. The second-order valence-corrected chi connectivity index (χ2v) is 4.45. The van der Waals surface area contributed by atoms with Gasteiger partial charge in [-0.25, -0.2) is 0 Å². The van der Waals surface area contributed by atoms with Gasteiger partial charge in [-0.3, -0.25) is 0 Å². The van der Waals surface area contributed by atoms with Crippen LogP contribution in [0.4, 0.5) is 0 Å². The van der Waals surface area contributed by atoms with Crippen LogP contribution in [0.1, 0.15) is 24.0 Å². The van der Waals surface area contributed by atoms with E-state index in [1.54, 1.807) is 7.11 Å². The lowest BCUT2D eigenvalue weighted by atomic mass is 9.86. The van der Waals surface area contributed by atoms with E-state index in [2.05, 4.69) is 0 Å². The zero-order valence-electron chi connectivity index (χ0n) is 9.36. The Labute approximate surface area is 90.9 Å². The first-order valence-corrected chi connectivity index (χ1v) is 5.46. The van der Waals surface area contributed by atoms with Crippen molar-refractivity contribution in [1.29, 1.82) is 0 Å². The molecule has 0 spiro atoms. The topological polar surface area (TPSA) is 29.5 Å². The van der Waals surface area contributed by atoms with Crippen molar-refractivity contribution in [2.75, 3.05) is 13.7 Å². The van der Waals surface area contributed by atoms with E-state index in [4.69, 9.17) is 4.74 Å². The summed E-state index contributed by atoms with van der Waals surface area (Å²) in [5.74, 6) is 0.374. The Kier molecular flexibility index (Phi) is 2.81. The number of ether oxygens (including phenoxy) is 1. The van der Waals surface area contributed by atoms with E-state index in [1.165, 1.54) is 0 Å². The van der Waals surface area contributed by atoms with Crippen molar-refractivity contribution in [1.82, 2.24) is 0 Å². The monoisotopic (exact) mass is 206 g/mol. The highest BCUT2D eigenvalue weighted by Crippen LogP contribution is 2.46. The Balaban J connectivity index is 2.35. The van der Waals surface area contributed by atoms with Crippen LogP contribution in [-0.4, -0.2) is 18.8 Å². The number of methoxy groups -OCH3 is 1. The fourth-order valence-corrected chi connectivity index (χ4v) is 2.26. The molecule has 1 aromatic rings. The van der Waals surface area contributed by atoms with Crippen LogP contribution in [0.15, 0.2) is 24.3 Å². The molecule has 1 aromatic carbocycles. The molecule has 82 valence electrons. The van der Waals surface area contributed by atoms with E-state index < -0.39 is 5.60 Å². The minimum absolute atomic E-state index is 0.374. The largest absolute Gasteiger partial charge is 0.382 e. The molecule has 0 amide bonds. The standard InChI is InChI=1S/C13H18O2/c1-10-5-3-4-6-12(10)13(14,9-15-2)11-7-8-11/h3-6,11,14H,7-9H2,1-2H3. The maximum absolute atomic E-state index is 10.7. The quantitative estimate of drug-likeness (QED) is 0.818. The molecule has 1 aliphatic rings. The van der Waals surface area contributed by atoms with E-state index in [0.717, 1.165) is 24.0 Å². The van der Waals surface area contributed by atoms with Gasteiger partial charge in [-0.1, -0.05) is 24.3 Å². The summed E-state index contributed by atoms with van der Waals surface area (Å²) in [5, 5.41) is 10.7. The minimum Gasteiger partial charge on any atom is -0.382 e. The van der Waals surface area contributed by atoms with Gasteiger partial charge in [-0.2, -0.15) is 0 Å². The summed E-state index contributed by atoms with van der Waals surface area (Å²) in [4.78, 5) is 0. The molecule has 0 heterocycles. The molecular formula is C13H18O2. The average molecular weight is 206 g/mol. The lowest BCUT2D eigenvalue weighted by molar-refractivity contribution is -0.0536. The summed E-state index contributed by atoms with van der Waals surface area (Å²) in [6.45, 7) is 2.43. The van der Waals surface area contributed by atoms with Crippen molar-refractivity contribution in [2.24, 2.45) is 5.92 Å². The van der Waals surface area contributed by atoms with Crippen molar-refractivity contribution in [3.05, 3.63) is 35.4 Å². The first kappa shape index (κ1) is 10.7. The molecule has 0 aliphatic heterocycles. The van der Waals surface area contributed by atoms with Gasteiger partial charge >= 0.3 is 0 Å². The van der Waals surface area contributed by atoms with Gasteiger partial charge in [-0.15, -0.1) is 0 Å². The van der Waals surface area contributed by atoms with Gasteiger partial charge in [0.25, 0.3) is 0 Å². The van der Waals surface area contributed by atoms with Gasteiger partial charge in [0.05, 0.1) is 6.61 Å². The number of aryl methyl sites for hydroxylation is 1. The summed E-state index contributed by atoms with van der Waals surface area (Å²) >= 11 is 0. The minimum atomic E-state index is -0.778. The Morgan fingerprint density at radius 1 is 1.40 bits per heavy atom. The van der Waals surface area contributed by atoms with Crippen molar-refractivity contribution >= 4 is 0 Å². The highest BCUT2D eigenvalue weighted by molar-refractivity contribution is 5.33. The molecule has 0 saturated heterocycles. The molecule has 2 rings (SSSR count). The van der Waals surface area contributed by atoms with Gasteiger partial charge in [0, 0.05) is 7.11 Å². The molecule has 0 radical (unpaired) electrons. The van der Waals surface area contributed by atoms with E-state index in [-0.39, 0.29) is 0 Å². The summed E-state index contributed by atoms with van der Waals surface area (Å²) in [7, 11) is 1.64. The molecule has 15 heavy (non-hydrogen) atoms. The number of rotatable bonds is 4. The molecule has 2 heteroatoms. The van der Waals surface area contributed by atoms with Crippen LogP contribution in [0.25, 0.3) is 0 Å². The number of hydrogen-bond acceptors (Lipinski definition) is 2. The Morgan fingerprint density at radius 3 is 2.60 bits per heavy atom. The SMILES string of the molecule is COCC(O)(c1ccccc1C)C1CC1. The third-order valence-corrected chi connectivity index (χ3v) is 3.23. The van der Waals surface area contributed by atoms with Crippen LogP contribution in [0.2, 0.25) is 0 Å². The second-order valence-electron chi connectivity index (χ2n) is 4.45. The Bertz CT molecular complexity index is 344. The van der Waals surface area contributed by atoms with Crippen molar-refractivity contribution < 1.29 is 9.84 Å². The van der Waals surface area contributed by atoms with Gasteiger partial charge in [0.15, 0.2) is 0 Å². The molecule has 1 saturated carbocycles. The molecule has 2 nitrogen and oxygen atoms in total. The summed E-state index contributed by atoms with van der Waals surface area (Å²) < 4.78 is 5.17. The molecule has 1 N–H and O–H groups in total. The fraction of sp³-hybridized carbons (Fsp3) is 0.538. The summed E-state index contributed by atoms with van der Waals surface area (Å²) in [6, 6.07) is 8.02. The van der Waals surface area contributed by atoms with Crippen LogP contribution in [0.5, 0.6) is 0 Å². The van der Waals surface area contributed by atoms with Gasteiger partial charge in [0.1, 0.15) is 5.60 Å².